The van der Waals surface area contributed by atoms with Crippen LogP contribution in [0, 0.1) is 5.92 Å². The molecule has 0 N–H and O–H groups in total. The summed E-state index contributed by atoms with van der Waals surface area (Å²) in [5, 5.41) is 0. The fraction of sp³-hybridized carbons (Fsp3) is 0.600. The molecular formula is C15H21NO. The van der Waals surface area contributed by atoms with E-state index >= 15 is 0 Å². The molecule has 1 fully saturated rings. The van der Waals surface area contributed by atoms with E-state index in [9.17, 15) is 4.79 Å². The first-order chi connectivity index (χ1) is 8.28. The summed E-state index contributed by atoms with van der Waals surface area (Å²) >= 11 is 0. The van der Waals surface area contributed by atoms with Crippen molar-refractivity contribution in [3.63, 3.8) is 0 Å². The monoisotopic (exact) mass is 231 g/mol. The van der Waals surface area contributed by atoms with Crippen molar-refractivity contribution in [1.82, 2.24) is 4.98 Å². The van der Waals surface area contributed by atoms with Gasteiger partial charge >= 0.3 is 0 Å². The fourth-order valence-electron chi connectivity index (χ4n) is 2.54. The summed E-state index contributed by atoms with van der Waals surface area (Å²) in [6, 6.07) is 4.27. The molecule has 17 heavy (non-hydrogen) atoms. The molecular weight excluding hydrogens is 210 g/mol. The van der Waals surface area contributed by atoms with Crippen LogP contribution in [0.4, 0.5) is 0 Å². The number of carbonyl (C=O) groups excluding carboxylic acids is 1. The second kappa shape index (κ2) is 5.95. The van der Waals surface area contributed by atoms with Gasteiger partial charge < -0.3 is 0 Å². The molecule has 2 rings (SSSR count). The zero-order valence-corrected chi connectivity index (χ0v) is 10.6. The van der Waals surface area contributed by atoms with Gasteiger partial charge in [-0.25, -0.2) is 0 Å². The Hall–Kier alpha value is -1.18. The van der Waals surface area contributed by atoms with Crippen molar-refractivity contribution in [3.05, 3.63) is 29.6 Å². The Labute approximate surface area is 103 Å². The highest BCUT2D eigenvalue weighted by atomic mass is 16.1. The van der Waals surface area contributed by atoms with Crippen LogP contribution in [0.1, 0.15) is 50.3 Å². The van der Waals surface area contributed by atoms with Gasteiger partial charge in [-0.05, 0) is 43.2 Å². The van der Waals surface area contributed by atoms with Crippen LogP contribution < -0.4 is 0 Å². The highest BCUT2D eigenvalue weighted by molar-refractivity contribution is 5.78. The Bertz CT molecular complexity index is 369. The van der Waals surface area contributed by atoms with Crippen LogP contribution in [0.15, 0.2) is 18.3 Å². The number of Topliss-reactive ketones (excluding diaryl/α,β-unsaturated/α-hetero) is 1. The average molecular weight is 231 g/mol. The second-order valence-corrected chi connectivity index (χ2v) is 5.07. The number of rotatable bonds is 3. The molecule has 0 radical (unpaired) electrons. The lowest BCUT2D eigenvalue weighted by Gasteiger charge is -2.12. The van der Waals surface area contributed by atoms with Gasteiger partial charge in [-0.3, -0.25) is 9.78 Å². The molecule has 0 aliphatic heterocycles. The molecule has 0 bridgehead atoms. The maximum Gasteiger partial charge on any atom is 0.133 e. The van der Waals surface area contributed by atoms with Gasteiger partial charge in [-0.15, -0.1) is 0 Å². The molecule has 1 atom stereocenters. The summed E-state index contributed by atoms with van der Waals surface area (Å²) in [6.45, 7) is 2.14. The van der Waals surface area contributed by atoms with Crippen molar-refractivity contribution < 1.29 is 4.79 Å². The van der Waals surface area contributed by atoms with Crippen LogP contribution in [-0.2, 0) is 17.6 Å². The van der Waals surface area contributed by atoms with Crippen LogP contribution >= 0.6 is 0 Å². The molecule has 1 aliphatic rings. The number of aryl methyl sites for hydroxylation is 1. The minimum absolute atomic E-state index is 0.442. The first kappa shape index (κ1) is 12.3. The number of hydrogen-bond donors (Lipinski definition) is 0. The zero-order valence-electron chi connectivity index (χ0n) is 10.6. The standard InChI is InChI=1S/C15H21NO/c1-2-12-7-8-14(16-11-12)9-13-5-3-4-6-15(17)10-13/h7-8,11,13H,2-6,9-10H2,1H3. The summed E-state index contributed by atoms with van der Waals surface area (Å²) in [7, 11) is 0. The quantitative estimate of drug-likeness (QED) is 0.747. The van der Waals surface area contributed by atoms with Gasteiger partial charge in [0.1, 0.15) is 5.78 Å². The van der Waals surface area contributed by atoms with E-state index in [2.05, 4.69) is 24.0 Å². The van der Waals surface area contributed by atoms with Crippen LogP contribution in [-0.4, -0.2) is 10.8 Å². The zero-order chi connectivity index (χ0) is 12.1. The molecule has 1 aromatic heterocycles. The van der Waals surface area contributed by atoms with Gasteiger partial charge in [-0.1, -0.05) is 19.4 Å². The van der Waals surface area contributed by atoms with E-state index in [1.54, 1.807) is 0 Å². The first-order valence-electron chi connectivity index (χ1n) is 6.73. The van der Waals surface area contributed by atoms with Crippen LogP contribution in [0.25, 0.3) is 0 Å². The lowest BCUT2D eigenvalue weighted by Crippen LogP contribution is -2.09. The van der Waals surface area contributed by atoms with Crippen LogP contribution in [0.5, 0.6) is 0 Å². The third-order valence-electron chi connectivity index (χ3n) is 3.63. The maximum atomic E-state index is 11.6. The molecule has 0 spiro atoms. The molecule has 1 unspecified atom stereocenters. The van der Waals surface area contributed by atoms with Gasteiger partial charge in [0.15, 0.2) is 0 Å². The predicted octanol–water partition coefficient (Wildman–Crippen LogP) is 3.34. The first-order valence-corrected chi connectivity index (χ1v) is 6.73. The number of ketones is 1. The van der Waals surface area contributed by atoms with Crippen LogP contribution in [0.3, 0.4) is 0 Å². The lowest BCUT2D eigenvalue weighted by atomic mass is 9.94. The molecule has 0 aromatic carbocycles. The second-order valence-electron chi connectivity index (χ2n) is 5.07. The molecule has 1 aromatic rings. The molecule has 92 valence electrons. The normalized spacial score (nSPS) is 21.2. The smallest absolute Gasteiger partial charge is 0.133 e. The Morgan fingerprint density at radius 2 is 2.24 bits per heavy atom. The minimum Gasteiger partial charge on any atom is -0.300 e. The summed E-state index contributed by atoms with van der Waals surface area (Å²) in [5.41, 5.74) is 2.42. The molecule has 2 heteroatoms. The number of pyridine rings is 1. The van der Waals surface area contributed by atoms with Gasteiger partial charge in [-0.2, -0.15) is 0 Å². The highest BCUT2D eigenvalue weighted by Gasteiger charge is 2.18. The average Bonchev–Trinajstić information content (AvgIpc) is 2.55. The summed E-state index contributed by atoms with van der Waals surface area (Å²) in [4.78, 5) is 16.1. The maximum absolute atomic E-state index is 11.6. The van der Waals surface area contributed by atoms with Crippen molar-refractivity contribution in [1.29, 1.82) is 0 Å². The highest BCUT2D eigenvalue weighted by Crippen LogP contribution is 2.23. The predicted molar refractivity (Wildman–Crippen MR) is 68.9 cm³/mol. The SMILES string of the molecule is CCc1ccc(CC2CCCCC(=O)C2)nc1. The minimum atomic E-state index is 0.442. The molecule has 0 saturated heterocycles. The van der Waals surface area contributed by atoms with E-state index < -0.39 is 0 Å². The molecule has 1 saturated carbocycles. The molecule has 0 amide bonds. The van der Waals surface area contributed by atoms with E-state index in [1.165, 1.54) is 18.4 Å². The van der Waals surface area contributed by atoms with E-state index in [1.807, 2.05) is 6.20 Å². The lowest BCUT2D eigenvalue weighted by molar-refractivity contribution is -0.119. The van der Waals surface area contributed by atoms with Crippen molar-refractivity contribution in [2.75, 3.05) is 0 Å². The Balaban J connectivity index is 1.96. The third kappa shape index (κ3) is 3.65. The van der Waals surface area contributed by atoms with Crippen molar-refractivity contribution >= 4 is 5.78 Å². The van der Waals surface area contributed by atoms with Crippen LogP contribution in [0.2, 0.25) is 0 Å². The Kier molecular flexibility index (Phi) is 4.29. The molecule has 1 heterocycles. The van der Waals surface area contributed by atoms with Gasteiger partial charge in [0, 0.05) is 24.7 Å². The Morgan fingerprint density at radius 1 is 1.35 bits per heavy atom. The summed E-state index contributed by atoms with van der Waals surface area (Å²) < 4.78 is 0. The Morgan fingerprint density at radius 3 is 2.94 bits per heavy atom. The van der Waals surface area contributed by atoms with Gasteiger partial charge in [0.05, 0.1) is 0 Å². The van der Waals surface area contributed by atoms with E-state index in [-0.39, 0.29) is 0 Å². The van der Waals surface area contributed by atoms with Gasteiger partial charge in [0.2, 0.25) is 0 Å². The van der Waals surface area contributed by atoms with Crippen molar-refractivity contribution in [3.8, 4) is 0 Å². The van der Waals surface area contributed by atoms with Crippen molar-refractivity contribution in [2.24, 2.45) is 5.92 Å². The third-order valence-corrected chi connectivity index (χ3v) is 3.63. The number of carbonyl (C=O) groups is 1. The summed E-state index contributed by atoms with van der Waals surface area (Å²) in [5.74, 6) is 0.961. The molecule has 2 nitrogen and oxygen atoms in total. The number of hydrogen-bond acceptors (Lipinski definition) is 2. The number of aromatic nitrogens is 1. The number of nitrogens with zero attached hydrogens (tertiary/aromatic N) is 1. The van der Waals surface area contributed by atoms with E-state index in [4.69, 9.17) is 0 Å². The van der Waals surface area contributed by atoms with Gasteiger partial charge in [0.25, 0.3) is 0 Å². The fourth-order valence-corrected chi connectivity index (χ4v) is 2.54. The van der Waals surface area contributed by atoms with E-state index in [0.29, 0.717) is 11.7 Å². The van der Waals surface area contributed by atoms with Crippen molar-refractivity contribution in [2.45, 2.75) is 51.9 Å². The largest absolute Gasteiger partial charge is 0.300 e. The topological polar surface area (TPSA) is 30.0 Å². The van der Waals surface area contributed by atoms with E-state index in [0.717, 1.165) is 37.8 Å². The molecule has 1 aliphatic carbocycles. The summed E-state index contributed by atoms with van der Waals surface area (Å²) in [6.07, 6.45) is 8.98.